The third-order valence-electron chi connectivity index (χ3n) is 3.84. The van der Waals surface area contributed by atoms with Crippen LogP contribution >= 0.6 is 11.9 Å². The van der Waals surface area contributed by atoms with Crippen LogP contribution in [0.3, 0.4) is 0 Å². The van der Waals surface area contributed by atoms with Gasteiger partial charge in [0, 0.05) is 12.5 Å². The first-order valence-corrected chi connectivity index (χ1v) is 9.13. The highest BCUT2D eigenvalue weighted by Gasteiger charge is 2.23. The molecule has 0 aliphatic heterocycles. The van der Waals surface area contributed by atoms with Crippen molar-refractivity contribution >= 4 is 29.4 Å². The van der Waals surface area contributed by atoms with E-state index in [4.69, 9.17) is 5.73 Å². The van der Waals surface area contributed by atoms with Gasteiger partial charge in [0.15, 0.2) is 0 Å². The Morgan fingerprint density at radius 1 is 1.21 bits per heavy atom. The van der Waals surface area contributed by atoms with Crippen LogP contribution in [-0.2, 0) is 16.0 Å². The number of hydrogen-bond acceptors (Lipinski definition) is 7. The fourth-order valence-corrected chi connectivity index (χ4v) is 3.09. The van der Waals surface area contributed by atoms with Gasteiger partial charge in [0.25, 0.3) is 5.69 Å². The third-order valence-corrected chi connectivity index (χ3v) is 4.87. The van der Waals surface area contributed by atoms with Crippen LogP contribution in [0, 0.1) is 10.1 Å². The molecule has 2 aromatic rings. The topological polar surface area (TPSA) is 148 Å². The minimum absolute atomic E-state index is 0.0741. The zero-order valence-corrected chi connectivity index (χ0v) is 15.8. The summed E-state index contributed by atoms with van der Waals surface area (Å²) in [5, 5.41) is 22.9. The normalized spacial score (nSPS) is 12.8. The van der Waals surface area contributed by atoms with Crippen molar-refractivity contribution in [3.8, 4) is 5.75 Å². The van der Waals surface area contributed by atoms with Gasteiger partial charge in [0.2, 0.25) is 11.8 Å². The number of aromatic hydroxyl groups is 1. The van der Waals surface area contributed by atoms with E-state index in [9.17, 15) is 24.8 Å². The van der Waals surface area contributed by atoms with Crippen molar-refractivity contribution in [2.45, 2.75) is 30.3 Å². The molecule has 0 aliphatic carbocycles. The van der Waals surface area contributed by atoms with Crippen LogP contribution < -0.4 is 15.8 Å². The number of nitrogens with two attached hydrogens (primary N) is 1. The zero-order chi connectivity index (χ0) is 20.7. The fourth-order valence-electron chi connectivity index (χ4n) is 2.29. The summed E-state index contributed by atoms with van der Waals surface area (Å²) in [6.07, 6.45) is 0.172. The standard InChI is InChI=1S/C18H20N4O5S/c1-11(21-28-16-5-3-2-4-15(16)22(26)27)18(25)20-14(17(19)24)10-12-6-8-13(23)9-7-12/h2-9,11,14,21,23H,10H2,1H3,(H2,19,24)(H,20,25). The molecule has 0 heterocycles. The van der Waals surface area contributed by atoms with Gasteiger partial charge >= 0.3 is 0 Å². The Labute approximate surface area is 165 Å². The number of nitrogens with one attached hydrogen (secondary N) is 2. The quantitative estimate of drug-likeness (QED) is 0.281. The molecule has 2 amide bonds. The van der Waals surface area contributed by atoms with E-state index in [0.29, 0.717) is 4.90 Å². The van der Waals surface area contributed by atoms with Gasteiger partial charge in [-0.1, -0.05) is 24.3 Å². The fraction of sp³-hybridized carbons (Fsp3) is 0.222. The highest BCUT2D eigenvalue weighted by molar-refractivity contribution is 7.97. The summed E-state index contributed by atoms with van der Waals surface area (Å²) < 4.78 is 2.82. The second-order valence-corrected chi connectivity index (χ2v) is 6.88. The van der Waals surface area contributed by atoms with Crippen molar-refractivity contribution in [2.24, 2.45) is 5.73 Å². The molecule has 9 nitrogen and oxygen atoms in total. The van der Waals surface area contributed by atoms with Crippen molar-refractivity contribution in [3.05, 3.63) is 64.2 Å². The number of phenolic OH excluding ortho intramolecular Hbond substituents is 1. The number of phenols is 1. The Morgan fingerprint density at radius 3 is 2.46 bits per heavy atom. The Hall–Kier alpha value is -3.11. The summed E-state index contributed by atoms with van der Waals surface area (Å²) >= 11 is 0.956. The SMILES string of the molecule is CC(NSc1ccccc1[N+](=O)[O-])C(=O)NC(Cc1ccc(O)cc1)C(N)=O. The van der Waals surface area contributed by atoms with E-state index in [1.165, 1.54) is 18.2 Å². The summed E-state index contributed by atoms with van der Waals surface area (Å²) in [6, 6.07) is 10.7. The molecule has 0 saturated heterocycles. The predicted molar refractivity (Wildman–Crippen MR) is 104 cm³/mol. The molecule has 0 spiro atoms. The van der Waals surface area contributed by atoms with E-state index in [-0.39, 0.29) is 17.9 Å². The number of nitrogens with zero attached hydrogens (tertiary/aromatic N) is 1. The maximum atomic E-state index is 12.4. The number of para-hydroxylation sites is 1. The van der Waals surface area contributed by atoms with E-state index in [0.717, 1.165) is 17.5 Å². The van der Waals surface area contributed by atoms with Gasteiger partial charge in [-0.05, 0) is 42.6 Å². The van der Waals surface area contributed by atoms with E-state index >= 15 is 0 Å². The molecule has 0 aliphatic rings. The Bertz CT molecular complexity index is 859. The number of primary amides is 1. The van der Waals surface area contributed by atoms with Crippen molar-refractivity contribution in [3.63, 3.8) is 0 Å². The Balaban J connectivity index is 1.96. The molecular formula is C18H20N4O5S. The lowest BCUT2D eigenvalue weighted by atomic mass is 10.0. The van der Waals surface area contributed by atoms with Crippen LogP contribution in [0.2, 0.25) is 0 Å². The van der Waals surface area contributed by atoms with Crippen LogP contribution in [-0.4, -0.2) is 33.9 Å². The summed E-state index contributed by atoms with van der Waals surface area (Å²) in [4.78, 5) is 35.0. The zero-order valence-electron chi connectivity index (χ0n) is 15.0. The van der Waals surface area contributed by atoms with E-state index in [2.05, 4.69) is 10.0 Å². The number of hydrogen-bond donors (Lipinski definition) is 4. The number of nitro benzene ring substituents is 1. The second-order valence-electron chi connectivity index (χ2n) is 6.00. The molecule has 0 aromatic heterocycles. The molecule has 28 heavy (non-hydrogen) atoms. The lowest BCUT2D eigenvalue weighted by molar-refractivity contribution is -0.387. The van der Waals surface area contributed by atoms with E-state index in [1.807, 2.05) is 0 Å². The van der Waals surface area contributed by atoms with Gasteiger partial charge in [0.05, 0.1) is 11.0 Å². The Morgan fingerprint density at radius 2 is 1.86 bits per heavy atom. The molecule has 0 bridgehead atoms. The largest absolute Gasteiger partial charge is 0.508 e. The minimum atomic E-state index is -0.933. The average Bonchev–Trinajstić information content (AvgIpc) is 2.67. The number of carbonyl (C=O) groups is 2. The van der Waals surface area contributed by atoms with Crippen LogP contribution in [0.15, 0.2) is 53.4 Å². The van der Waals surface area contributed by atoms with Gasteiger partial charge in [-0.2, -0.15) is 0 Å². The van der Waals surface area contributed by atoms with Crippen LogP contribution in [0.1, 0.15) is 12.5 Å². The molecule has 10 heteroatoms. The van der Waals surface area contributed by atoms with E-state index in [1.54, 1.807) is 37.3 Å². The lowest BCUT2D eigenvalue weighted by Gasteiger charge is -2.19. The first-order chi connectivity index (χ1) is 13.3. The van der Waals surface area contributed by atoms with Crippen molar-refractivity contribution < 1.29 is 19.6 Å². The van der Waals surface area contributed by atoms with Crippen molar-refractivity contribution in [1.29, 1.82) is 0 Å². The monoisotopic (exact) mass is 404 g/mol. The maximum Gasteiger partial charge on any atom is 0.284 e. The number of carbonyl (C=O) groups excluding carboxylic acids is 2. The van der Waals surface area contributed by atoms with Crippen LogP contribution in [0.4, 0.5) is 5.69 Å². The number of rotatable bonds is 9. The first-order valence-electron chi connectivity index (χ1n) is 8.31. The highest BCUT2D eigenvalue weighted by Crippen LogP contribution is 2.26. The molecular weight excluding hydrogens is 384 g/mol. The Kier molecular flexibility index (Phi) is 7.36. The molecule has 0 radical (unpaired) electrons. The maximum absolute atomic E-state index is 12.4. The summed E-state index contributed by atoms with van der Waals surface area (Å²) in [5.74, 6) is -1.08. The average molecular weight is 404 g/mol. The molecule has 148 valence electrons. The molecule has 2 atom stereocenters. The molecule has 2 rings (SSSR count). The van der Waals surface area contributed by atoms with Gasteiger partial charge in [0.1, 0.15) is 16.7 Å². The molecule has 2 aromatic carbocycles. The van der Waals surface area contributed by atoms with Gasteiger partial charge in [-0.15, -0.1) is 0 Å². The van der Waals surface area contributed by atoms with Crippen molar-refractivity contribution in [1.82, 2.24) is 10.0 Å². The summed E-state index contributed by atoms with van der Waals surface area (Å²) in [5.41, 5.74) is 6.02. The lowest BCUT2D eigenvalue weighted by Crippen LogP contribution is -2.50. The molecule has 5 N–H and O–H groups in total. The minimum Gasteiger partial charge on any atom is -0.508 e. The van der Waals surface area contributed by atoms with Gasteiger partial charge in [-0.3, -0.25) is 19.7 Å². The van der Waals surface area contributed by atoms with E-state index < -0.39 is 28.8 Å². The third kappa shape index (κ3) is 5.96. The highest BCUT2D eigenvalue weighted by atomic mass is 32.2. The van der Waals surface area contributed by atoms with Crippen LogP contribution in [0.5, 0.6) is 5.75 Å². The van der Waals surface area contributed by atoms with Crippen LogP contribution in [0.25, 0.3) is 0 Å². The molecule has 2 unspecified atom stereocenters. The summed E-state index contributed by atoms with van der Waals surface area (Å²) in [6.45, 7) is 1.57. The number of nitro groups is 1. The smallest absolute Gasteiger partial charge is 0.284 e. The number of amides is 2. The predicted octanol–water partition coefficient (Wildman–Crippen LogP) is 1.50. The second kappa shape index (κ2) is 9.72. The van der Waals surface area contributed by atoms with Crippen molar-refractivity contribution in [2.75, 3.05) is 0 Å². The van der Waals surface area contributed by atoms with Gasteiger partial charge in [-0.25, -0.2) is 4.72 Å². The molecule has 0 saturated carbocycles. The number of benzene rings is 2. The van der Waals surface area contributed by atoms with Gasteiger partial charge < -0.3 is 16.2 Å². The molecule has 0 fully saturated rings. The first kappa shape index (κ1) is 21.2. The summed E-state index contributed by atoms with van der Waals surface area (Å²) in [7, 11) is 0.